The molecule has 6 nitrogen and oxygen atoms in total. The van der Waals surface area contributed by atoms with Crippen molar-refractivity contribution < 1.29 is 23.8 Å². The fraction of sp³-hybridized carbons (Fsp3) is 0.263. The molecule has 1 saturated heterocycles. The lowest BCUT2D eigenvalue weighted by Gasteiger charge is -2.35. The zero-order valence-electron chi connectivity index (χ0n) is 14.2. The second-order valence-corrected chi connectivity index (χ2v) is 6.06. The van der Waals surface area contributed by atoms with Crippen molar-refractivity contribution >= 4 is 11.9 Å². The average Bonchev–Trinajstić information content (AvgIpc) is 2.61. The summed E-state index contributed by atoms with van der Waals surface area (Å²) < 4.78 is 18.7. The SMILES string of the molecule is COc1ccc(CN2CCNC(=O)[C@H]2c2cccc(F)c2)cc1C(=O)O. The summed E-state index contributed by atoms with van der Waals surface area (Å²) in [6, 6.07) is 10.2. The number of piperazine rings is 1. The molecule has 3 rings (SSSR count). The molecule has 136 valence electrons. The van der Waals surface area contributed by atoms with E-state index in [4.69, 9.17) is 4.74 Å². The standard InChI is InChI=1S/C19H19FN2O4/c1-26-16-6-5-12(9-15(16)19(24)25)11-22-8-7-21-18(23)17(22)13-3-2-4-14(20)10-13/h2-6,9-10,17H,7-8,11H2,1H3,(H,21,23)(H,24,25)/t17-/m1/s1. The number of carboxylic acid groups (broad SMARTS) is 1. The van der Waals surface area contributed by atoms with Gasteiger partial charge in [0.2, 0.25) is 5.91 Å². The van der Waals surface area contributed by atoms with E-state index in [2.05, 4.69) is 5.32 Å². The normalized spacial score (nSPS) is 17.6. The Morgan fingerprint density at radius 2 is 2.15 bits per heavy atom. The topological polar surface area (TPSA) is 78.9 Å². The van der Waals surface area contributed by atoms with Gasteiger partial charge in [0.05, 0.1) is 7.11 Å². The summed E-state index contributed by atoms with van der Waals surface area (Å²) in [4.78, 5) is 25.7. The number of hydrogen-bond acceptors (Lipinski definition) is 4. The predicted octanol–water partition coefficient (Wildman–Crippen LogP) is 2.21. The minimum absolute atomic E-state index is 0.0637. The van der Waals surface area contributed by atoms with Crippen LogP contribution in [0.15, 0.2) is 42.5 Å². The smallest absolute Gasteiger partial charge is 0.339 e. The molecule has 7 heteroatoms. The van der Waals surface area contributed by atoms with Gasteiger partial charge >= 0.3 is 5.97 Å². The van der Waals surface area contributed by atoms with Crippen molar-refractivity contribution in [3.8, 4) is 5.75 Å². The monoisotopic (exact) mass is 358 g/mol. The Morgan fingerprint density at radius 1 is 1.35 bits per heavy atom. The molecule has 0 radical (unpaired) electrons. The number of methoxy groups -OCH3 is 1. The number of nitrogens with zero attached hydrogens (tertiary/aromatic N) is 1. The van der Waals surface area contributed by atoms with Gasteiger partial charge in [0.1, 0.15) is 23.2 Å². The summed E-state index contributed by atoms with van der Waals surface area (Å²) in [6.45, 7) is 1.41. The molecule has 0 aliphatic carbocycles. The fourth-order valence-corrected chi connectivity index (χ4v) is 3.18. The average molecular weight is 358 g/mol. The largest absolute Gasteiger partial charge is 0.496 e. The van der Waals surface area contributed by atoms with E-state index in [9.17, 15) is 19.1 Å². The third kappa shape index (κ3) is 3.67. The van der Waals surface area contributed by atoms with Gasteiger partial charge in [-0.05, 0) is 35.4 Å². The van der Waals surface area contributed by atoms with E-state index < -0.39 is 17.8 Å². The maximum Gasteiger partial charge on any atom is 0.339 e. The number of benzene rings is 2. The summed E-state index contributed by atoms with van der Waals surface area (Å²) in [7, 11) is 1.41. The Morgan fingerprint density at radius 3 is 2.85 bits per heavy atom. The summed E-state index contributed by atoms with van der Waals surface area (Å²) in [5.74, 6) is -1.41. The molecule has 1 atom stereocenters. The van der Waals surface area contributed by atoms with Gasteiger partial charge in [-0.2, -0.15) is 0 Å². The summed E-state index contributed by atoms with van der Waals surface area (Å²) >= 11 is 0. The third-order valence-electron chi connectivity index (χ3n) is 4.36. The van der Waals surface area contributed by atoms with Crippen LogP contribution >= 0.6 is 0 Å². The van der Waals surface area contributed by atoms with Crippen LogP contribution in [0, 0.1) is 5.82 Å². The second-order valence-electron chi connectivity index (χ2n) is 6.06. The summed E-state index contributed by atoms with van der Waals surface area (Å²) in [5.41, 5.74) is 1.36. The zero-order chi connectivity index (χ0) is 18.7. The minimum Gasteiger partial charge on any atom is -0.496 e. The molecule has 1 aliphatic heterocycles. The highest BCUT2D eigenvalue weighted by Crippen LogP contribution is 2.27. The Kier molecular flexibility index (Phi) is 5.18. The molecular formula is C19H19FN2O4. The van der Waals surface area contributed by atoms with Crippen molar-refractivity contribution in [1.82, 2.24) is 10.2 Å². The van der Waals surface area contributed by atoms with Gasteiger partial charge in [0.25, 0.3) is 0 Å². The van der Waals surface area contributed by atoms with Crippen LogP contribution in [-0.2, 0) is 11.3 Å². The molecule has 0 bridgehead atoms. The Bertz CT molecular complexity index is 840. The van der Waals surface area contributed by atoms with Crippen LogP contribution in [-0.4, -0.2) is 42.1 Å². The summed E-state index contributed by atoms with van der Waals surface area (Å²) in [6.07, 6.45) is 0. The Balaban J connectivity index is 1.90. The van der Waals surface area contributed by atoms with Crippen molar-refractivity contribution in [2.24, 2.45) is 0 Å². The van der Waals surface area contributed by atoms with Gasteiger partial charge in [0, 0.05) is 19.6 Å². The molecule has 26 heavy (non-hydrogen) atoms. The molecule has 0 unspecified atom stereocenters. The van der Waals surface area contributed by atoms with Crippen molar-refractivity contribution in [3.63, 3.8) is 0 Å². The molecule has 1 aliphatic rings. The van der Waals surface area contributed by atoms with Crippen LogP contribution in [0.2, 0.25) is 0 Å². The van der Waals surface area contributed by atoms with Gasteiger partial charge in [-0.1, -0.05) is 18.2 Å². The van der Waals surface area contributed by atoms with E-state index in [0.717, 1.165) is 5.56 Å². The number of aromatic carboxylic acids is 1. The number of rotatable bonds is 5. The van der Waals surface area contributed by atoms with Crippen molar-refractivity contribution in [2.45, 2.75) is 12.6 Å². The van der Waals surface area contributed by atoms with Crippen LogP contribution in [0.4, 0.5) is 4.39 Å². The van der Waals surface area contributed by atoms with Crippen LogP contribution in [0.1, 0.15) is 27.5 Å². The van der Waals surface area contributed by atoms with Gasteiger partial charge in [-0.15, -0.1) is 0 Å². The molecule has 0 aromatic heterocycles. The fourth-order valence-electron chi connectivity index (χ4n) is 3.18. The summed E-state index contributed by atoms with van der Waals surface area (Å²) in [5, 5.41) is 12.1. The highest BCUT2D eigenvalue weighted by molar-refractivity contribution is 5.91. The van der Waals surface area contributed by atoms with Gasteiger partial charge in [0.15, 0.2) is 0 Å². The first-order chi connectivity index (χ1) is 12.5. The molecule has 0 spiro atoms. The lowest BCUT2D eigenvalue weighted by atomic mass is 10.0. The molecule has 2 aromatic rings. The number of amides is 1. The predicted molar refractivity (Wildman–Crippen MR) is 92.5 cm³/mol. The lowest BCUT2D eigenvalue weighted by Crippen LogP contribution is -2.49. The molecule has 0 saturated carbocycles. The third-order valence-corrected chi connectivity index (χ3v) is 4.36. The quantitative estimate of drug-likeness (QED) is 0.857. The Labute approximate surface area is 150 Å². The number of carbonyl (C=O) groups is 2. The second kappa shape index (κ2) is 7.53. The van der Waals surface area contributed by atoms with E-state index in [1.807, 2.05) is 4.90 Å². The number of nitrogens with one attached hydrogen (secondary N) is 1. The number of halogens is 1. The van der Waals surface area contributed by atoms with Crippen LogP contribution in [0.3, 0.4) is 0 Å². The van der Waals surface area contributed by atoms with E-state index in [0.29, 0.717) is 25.2 Å². The number of hydrogen-bond donors (Lipinski definition) is 2. The van der Waals surface area contributed by atoms with E-state index >= 15 is 0 Å². The van der Waals surface area contributed by atoms with Crippen LogP contribution < -0.4 is 10.1 Å². The zero-order valence-corrected chi connectivity index (χ0v) is 14.2. The molecule has 1 heterocycles. The molecule has 1 fully saturated rings. The first kappa shape index (κ1) is 17.9. The first-order valence-corrected chi connectivity index (χ1v) is 8.17. The maximum absolute atomic E-state index is 13.6. The van der Waals surface area contributed by atoms with E-state index in [1.54, 1.807) is 24.3 Å². The van der Waals surface area contributed by atoms with Gasteiger partial charge < -0.3 is 15.2 Å². The maximum atomic E-state index is 13.6. The number of ether oxygens (including phenoxy) is 1. The van der Waals surface area contributed by atoms with Crippen molar-refractivity contribution in [1.29, 1.82) is 0 Å². The Hall–Kier alpha value is -2.93. The van der Waals surface area contributed by atoms with Crippen LogP contribution in [0.25, 0.3) is 0 Å². The van der Waals surface area contributed by atoms with E-state index in [-0.39, 0.29) is 17.2 Å². The number of carboxylic acids is 1. The lowest BCUT2D eigenvalue weighted by molar-refractivity contribution is -0.129. The van der Waals surface area contributed by atoms with Crippen LogP contribution in [0.5, 0.6) is 5.75 Å². The highest BCUT2D eigenvalue weighted by Gasteiger charge is 2.31. The first-order valence-electron chi connectivity index (χ1n) is 8.17. The number of carbonyl (C=O) groups excluding carboxylic acids is 1. The van der Waals surface area contributed by atoms with Crippen molar-refractivity contribution in [2.75, 3.05) is 20.2 Å². The van der Waals surface area contributed by atoms with Crippen molar-refractivity contribution in [3.05, 3.63) is 65.0 Å². The van der Waals surface area contributed by atoms with E-state index in [1.165, 1.54) is 25.3 Å². The molecular weight excluding hydrogens is 339 g/mol. The highest BCUT2D eigenvalue weighted by atomic mass is 19.1. The molecule has 1 amide bonds. The molecule has 2 N–H and O–H groups in total. The molecule has 2 aromatic carbocycles. The van der Waals surface area contributed by atoms with Gasteiger partial charge in [-0.25, -0.2) is 9.18 Å². The minimum atomic E-state index is -1.08. The van der Waals surface area contributed by atoms with Gasteiger partial charge in [-0.3, -0.25) is 9.69 Å².